The van der Waals surface area contributed by atoms with E-state index in [2.05, 4.69) is 33.5 Å². The lowest BCUT2D eigenvalue weighted by molar-refractivity contribution is 0.218. The zero-order valence-corrected chi connectivity index (χ0v) is 7.48. The van der Waals surface area contributed by atoms with Crippen molar-refractivity contribution in [3.8, 4) is 11.8 Å². The van der Waals surface area contributed by atoms with Gasteiger partial charge in [-0.25, -0.2) is 0 Å². The van der Waals surface area contributed by atoms with Gasteiger partial charge in [-0.15, -0.1) is 0 Å². The molecule has 0 aliphatic heterocycles. The number of aliphatic hydroxyl groups is 1. The molecule has 2 unspecified atom stereocenters. The van der Waals surface area contributed by atoms with Crippen LogP contribution in [0.2, 0.25) is 0 Å². The zero-order valence-electron chi connectivity index (χ0n) is 5.89. The van der Waals surface area contributed by atoms with E-state index in [0.717, 1.165) is 22.9 Å². The Labute approximate surface area is 73.9 Å². The molecule has 0 amide bonds. The maximum Gasteiger partial charge on any atom is 0.109 e. The molecule has 1 saturated carbocycles. The Morgan fingerprint density at radius 1 is 1.45 bits per heavy atom. The minimum Gasteiger partial charge on any atom is -0.388 e. The average molecular weight is 211 g/mol. The third-order valence-corrected chi connectivity index (χ3v) is 2.47. The van der Waals surface area contributed by atoms with Crippen LogP contribution in [0.4, 0.5) is 0 Å². The van der Waals surface area contributed by atoms with E-state index in [4.69, 9.17) is 0 Å². The SMILES string of the molecule is OC1CCC2C#CC(Br)=C=C12. The van der Waals surface area contributed by atoms with Crippen molar-refractivity contribution in [2.75, 3.05) is 0 Å². The van der Waals surface area contributed by atoms with Crippen LogP contribution >= 0.6 is 15.9 Å². The molecule has 0 saturated heterocycles. The third kappa shape index (κ3) is 1.16. The molecular weight excluding hydrogens is 204 g/mol. The molecule has 0 heterocycles. The summed E-state index contributed by atoms with van der Waals surface area (Å²) in [5, 5.41) is 9.44. The van der Waals surface area contributed by atoms with E-state index in [9.17, 15) is 5.11 Å². The zero-order chi connectivity index (χ0) is 7.84. The Morgan fingerprint density at radius 2 is 2.27 bits per heavy atom. The fourth-order valence-electron chi connectivity index (χ4n) is 1.50. The largest absolute Gasteiger partial charge is 0.388 e. The Morgan fingerprint density at radius 3 is 3.09 bits per heavy atom. The summed E-state index contributed by atoms with van der Waals surface area (Å²) in [6.07, 6.45) is 1.51. The second-order valence-electron chi connectivity index (χ2n) is 2.81. The molecule has 1 fully saturated rings. The maximum absolute atomic E-state index is 9.44. The highest BCUT2D eigenvalue weighted by atomic mass is 79.9. The predicted molar refractivity (Wildman–Crippen MR) is 46.0 cm³/mol. The molecule has 0 aromatic carbocycles. The Kier molecular flexibility index (Phi) is 1.65. The van der Waals surface area contributed by atoms with Gasteiger partial charge in [0.2, 0.25) is 0 Å². The summed E-state index contributed by atoms with van der Waals surface area (Å²) in [6, 6.07) is 0. The van der Waals surface area contributed by atoms with Gasteiger partial charge in [0, 0.05) is 5.57 Å². The van der Waals surface area contributed by atoms with Crippen LogP contribution in [0.1, 0.15) is 12.8 Å². The first-order chi connectivity index (χ1) is 5.27. The van der Waals surface area contributed by atoms with Crippen molar-refractivity contribution in [3.05, 3.63) is 15.8 Å². The van der Waals surface area contributed by atoms with E-state index in [-0.39, 0.29) is 12.0 Å². The van der Waals surface area contributed by atoms with Gasteiger partial charge in [0.25, 0.3) is 0 Å². The fourth-order valence-corrected chi connectivity index (χ4v) is 1.84. The number of aliphatic hydroxyl groups excluding tert-OH is 1. The summed E-state index contributed by atoms with van der Waals surface area (Å²) in [4.78, 5) is 0. The highest BCUT2D eigenvalue weighted by Crippen LogP contribution is 2.32. The van der Waals surface area contributed by atoms with E-state index in [0.29, 0.717) is 0 Å². The molecule has 11 heavy (non-hydrogen) atoms. The molecule has 0 aromatic rings. The van der Waals surface area contributed by atoms with Crippen LogP contribution in [0.3, 0.4) is 0 Å². The van der Waals surface area contributed by atoms with Crippen molar-refractivity contribution in [1.29, 1.82) is 0 Å². The molecule has 2 heteroatoms. The minimum absolute atomic E-state index is 0.270. The summed E-state index contributed by atoms with van der Waals surface area (Å²) in [5.41, 5.74) is 4.02. The molecule has 2 aliphatic carbocycles. The van der Waals surface area contributed by atoms with Crippen LogP contribution < -0.4 is 0 Å². The molecule has 0 aromatic heterocycles. The van der Waals surface area contributed by atoms with Gasteiger partial charge in [0.15, 0.2) is 0 Å². The van der Waals surface area contributed by atoms with Crippen LogP contribution in [-0.2, 0) is 0 Å². The van der Waals surface area contributed by atoms with E-state index in [1.54, 1.807) is 0 Å². The molecule has 0 bridgehead atoms. The highest BCUT2D eigenvalue weighted by molar-refractivity contribution is 9.12. The van der Waals surface area contributed by atoms with Gasteiger partial charge in [-0.2, -0.15) is 0 Å². The summed E-state index contributed by atoms with van der Waals surface area (Å²) < 4.78 is 0.768. The molecule has 0 radical (unpaired) electrons. The maximum atomic E-state index is 9.44. The third-order valence-electron chi connectivity index (χ3n) is 2.07. The number of fused-ring (bicyclic) bond motifs is 1. The van der Waals surface area contributed by atoms with Gasteiger partial charge in [0.05, 0.1) is 12.0 Å². The molecule has 2 aliphatic rings. The molecule has 56 valence electrons. The lowest BCUT2D eigenvalue weighted by Crippen LogP contribution is -2.05. The average Bonchev–Trinajstić information content (AvgIpc) is 2.33. The van der Waals surface area contributed by atoms with E-state index in [1.807, 2.05) is 0 Å². The monoisotopic (exact) mass is 210 g/mol. The fraction of sp³-hybridized carbons (Fsp3) is 0.444. The lowest BCUT2D eigenvalue weighted by Gasteiger charge is -2.06. The highest BCUT2D eigenvalue weighted by Gasteiger charge is 2.28. The lowest BCUT2D eigenvalue weighted by atomic mass is 10.0. The van der Waals surface area contributed by atoms with E-state index < -0.39 is 0 Å². The second kappa shape index (κ2) is 2.53. The van der Waals surface area contributed by atoms with Gasteiger partial charge in [-0.3, -0.25) is 0 Å². The standard InChI is InChI=1S/C9H7BrO/c10-7-3-1-6-2-4-9(11)8(6)5-7/h6,9,11H,2,4H2. The molecule has 2 rings (SSSR count). The summed E-state index contributed by atoms with van der Waals surface area (Å²) >= 11 is 3.25. The smallest absolute Gasteiger partial charge is 0.109 e. The van der Waals surface area contributed by atoms with Crippen molar-refractivity contribution in [1.82, 2.24) is 0 Å². The van der Waals surface area contributed by atoms with Crippen molar-refractivity contribution >= 4 is 15.9 Å². The first kappa shape index (κ1) is 7.18. The van der Waals surface area contributed by atoms with Gasteiger partial charge in [-0.05, 0) is 28.8 Å². The van der Waals surface area contributed by atoms with Gasteiger partial charge in [0.1, 0.15) is 4.48 Å². The summed E-state index contributed by atoms with van der Waals surface area (Å²) in [5.74, 6) is 6.25. The van der Waals surface area contributed by atoms with Crippen LogP contribution in [0.25, 0.3) is 0 Å². The topological polar surface area (TPSA) is 20.2 Å². The van der Waals surface area contributed by atoms with Crippen LogP contribution in [0.15, 0.2) is 15.8 Å². The molecule has 2 atom stereocenters. The molecule has 1 nitrogen and oxygen atoms in total. The normalized spacial score (nSPS) is 33.3. The second-order valence-corrected chi connectivity index (χ2v) is 3.60. The Balaban J connectivity index is 2.47. The van der Waals surface area contributed by atoms with Gasteiger partial charge in [-0.1, -0.05) is 17.6 Å². The quantitative estimate of drug-likeness (QED) is 0.476. The van der Waals surface area contributed by atoms with Gasteiger partial charge < -0.3 is 5.11 Å². The summed E-state index contributed by atoms with van der Waals surface area (Å²) in [7, 11) is 0. The van der Waals surface area contributed by atoms with Crippen molar-refractivity contribution in [2.45, 2.75) is 18.9 Å². The van der Waals surface area contributed by atoms with Crippen LogP contribution in [-0.4, -0.2) is 11.2 Å². The number of halogens is 1. The number of hydrogen-bond donors (Lipinski definition) is 1. The predicted octanol–water partition coefficient (Wildman–Crippen LogP) is 1.58. The molecule has 0 spiro atoms. The van der Waals surface area contributed by atoms with E-state index >= 15 is 0 Å². The van der Waals surface area contributed by atoms with E-state index in [1.165, 1.54) is 0 Å². The van der Waals surface area contributed by atoms with Crippen molar-refractivity contribution < 1.29 is 5.11 Å². The number of hydrogen-bond acceptors (Lipinski definition) is 1. The Hall–Kier alpha value is -0.480. The van der Waals surface area contributed by atoms with Crippen LogP contribution in [0.5, 0.6) is 0 Å². The van der Waals surface area contributed by atoms with Gasteiger partial charge >= 0.3 is 0 Å². The Bertz CT molecular complexity index is 312. The molecular formula is C9H7BrO. The summed E-state index contributed by atoms with van der Waals surface area (Å²) in [6.45, 7) is 0. The van der Waals surface area contributed by atoms with Crippen LogP contribution in [0, 0.1) is 17.8 Å². The first-order valence-electron chi connectivity index (χ1n) is 3.63. The first-order valence-corrected chi connectivity index (χ1v) is 4.42. The minimum atomic E-state index is -0.304. The van der Waals surface area contributed by atoms with Crippen molar-refractivity contribution in [2.24, 2.45) is 5.92 Å². The van der Waals surface area contributed by atoms with Crippen molar-refractivity contribution in [3.63, 3.8) is 0 Å². The number of rotatable bonds is 0. The molecule has 1 N–H and O–H groups in total.